The molecule has 22 heavy (non-hydrogen) atoms. The fourth-order valence-corrected chi connectivity index (χ4v) is 4.67. The molecule has 0 saturated carbocycles. The number of benzene rings is 1. The van der Waals surface area contributed by atoms with Gasteiger partial charge in [0.1, 0.15) is 17.1 Å². The summed E-state index contributed by atoms with van der Waals surface area (Å²) < 4.78 is 10.8. The number of hydrogen-bond donors (Lipinski definition) is 0. The van der Waals surface area contributed by atoms with E-state index >= 15 is 0 Å². The molecule has 2 aliphatic rings. The molecule has 0 aliphatic carbocycles. The summed E-state index contributed by atoms with van der Waals surface area (Å²) in [6.45, 7) is 0. The first-order chi connectivity index (χ1) is 10.7. The Balaban J connectivity index is 1.92. The quantitative estimate of drug-likeness (QED) is 0.853. The van der Waals surface area contributed by atoms with Gasteiger partial charge in [-0.05, 0) is 44.1 Å². The van der Waals surface area contributed by atoms with Gasteiger partial charge < -0.3 is 14.4 Å². The van der Waals surface area contributed by atoms with Gasteiger partial charge in [0, 0.05) is 17.3 Å². The number of hydrogen-bond acceptors (Lipinski definition) is 4. The second-order valence-electron chi connectivity index (χ2n) is 5.96. The molecule has 0 aromatic heterocycles. The molecule has 0 N–H and O–H groups in total. The predicted molar refractivity (Wildman–Crippen MR) is 89.1 cm³/mol. The lowest BCUT2D eigenvalue weighted by Gasteiger charge is -2.38. The first-order valence-electron chi connectivity index (χ1n) is 7.76. The highest BCUT2D eigenvalue weighted by Gasteiger charge is 2.44. The van der Waals surface area contributed by atoms with E-state index in [4.69, 9.17) is 9.47 Å². The molecule has 2 unspecified atom stereocenters. The third kappa shape index (κ3) is 2.56. The number of carbonyl (C=O) groups is 1. The Morgan fingerprint density at radius 2 is 1.68 bits per heavy atom. The van der Waals surface area contributed by atoms with Crippen molar-refractivity contribution >= 4 is 17.7 Å². The zero-order chi connectivity index (χ0) is 15.7. The second-order valence-corrected chi connectivity index (χ2v) is 7.10. The monoisotopic (exact) mass is 321 g/mol. The highest BCUT2D eigenvalue weighted by atomic mass is 32.2. The van der Waals surface area contributed by atoms with Gasteiger partial charge in [-0.3, -0.25) is 4.79 Å². The van der Waals surface area contributed by atoms with Gasteiger partial charge in [-0.25, -0.2) is 0 Å². The van der Waals surface area contributed by atoms with Gasteiger partial charge in [0.25, 0.3) is 5.91 Å². The molecule has 120 valence electrons. The summed E-state index contributed by atoms with van der Waals surface area (Å²) in [6.07, 6.45) is 6.60. The van der Waals surface area contributed by atoms with Crippen LogP contribution in [0.15, 0.2) is 18.2 Å². The van der Waals surface area contributed by atoms with E-state index in [0.717, 1.165) is 25.7 Å². The van der Waals surface area contributed by atoms with E-state index < -0.39 is 0 Å². The van der Waals surface area contributed by atoms with Gasteiger partial charge in [0.2, 0.25) is 0 Å². The van der Waals surface area contributed by atoms with Crippen LogP contribution in [0.25, 0.3) is 0 Å². The molecule has 1 aromatic rings. The Kier molecular flexibility index (Phi) is 4.52. The van der Waals surface area contributed by atoms with Crippen molar-refractivity contribution < 1.29 is 14.3 Å². The lowest BCUT2D eigenvalue weighted by Crippen LogP contribution is -2.47. The van der Waals surface area contributed by atoms with E-state index in [-0.39, 0.29) is 5.91 Å². The zero-order valence-electron chi connectivity index (χ0n) is 13.4. The van der Waals surface area contributed by atoms with Crippen molar-refractivity contribution in [3.63, 3.8) is 0 Å². The number of fused-ring (bicyclic) bond motifs is 2. The van der Waals surface area contributed by atoms with Gasteiger partial charge in [-0.2, -0.15) is 11.8 Å². The molecule has 2 aliphatic heterocycles. The number of amides is 1. The number of rotatable bonds is 4. The summed E-state index contributed by atoms with van der Waals surface area (Å²) in [6, 6.07) is 6.22. The number of thioether (sulfide) groups is 1. The number of carbonyl (C=O) groups excluding carboxylic acids is 1. The summed E-state index contributed by atoms with van der Waals surface area (Å²) in [5, 5.41) is 0.682. The van der Waals surface area contributed by atoms with E-state index in [1.165, 1.54) is 0 Å². The van der Waals surface area contributed by atoms with Crippen LogP contribution in [0.5, 0.6) is 11.5 Å². The molecule has 2 fully saturated rings. The smallest absolute Gasteiger partial charge is 0.261 e. The van der Waals surface area contributed by atoms with Crippen LogP contribution in [-0.2, 0) is 0 Å². The van der Waals surface area contributed by atoms with Crippen LogP contribution in [0.4, 0.5) is 0 Å². The van der Waals surface area contributed by atoms with Gasteiger partial charge in [-0.1, -0.05) is 6.07 Å². The molecule has 2 atom stereocenters. The van der Waals surface area contributed by atoms with Crippen LogP contribution in [0.2, 0.25) is 0 Å². The Bertz CT molecular complexity index is 527. The second kappa shape index (κ2) is 6.41. The van der Waals surface area contributed by atoms with Gasteiger partial charge >= 0.3 is 0 Å². The Labute approximate surface area is 136 Å². The molecule has 0 spiro atoms. The van der Waals surface area contributed by atoms with E-state index in [9.17, 15) is 4.79 Å². The van der Waals surface area contributed by atoms with Crippen molar-refractivity contribution in [1.29, 1.82) is 0 Å². The molecule has 4 nitrogen and oxygen atoms in total. The minimum absolute atomic E-state index is 0.0568. The van der Waals surface area contributed by atoms with Gasteiger partial charge in [0.15, 0.2) is 0 Å². The van der Waals surface area contributed by atoms with Crippen LogP contribution in [0.3, 0.4) is 0 Å². The third-order valence-corrected chi connectivity index (χ3v) is 5.95. The maximum absolute atomic E-state index is 13.2. The molecule has 0 radical (unpaired) electrons. The summed E-state index contributed by atoms with van der Waals surface area (Å²) in [4.78, 5) is 15.3. The molecule has 1 amide bonds. The van der Waals surface area contributed by atoms with Crippen LogP contribution < -0.4 is 9.47 Å². The maximum Gasteiger partial charge on any atom is 0.261 e. The third-order valence-electron chi connectivity index (χ3n) is 4.90. The van der Waals surface area contributed by atoms with Crippen molar-refractivity contribution in [3.8, 4) is 11.5 Å². The molecular weight excluding hydrogens is 298 g/mol. The topological polar surface area (TPSA) is 38.8 Å². The highest BCUT2D eigenvalue weighted by molar-refractivity contribution is 7.99. The Morgan fingerprint density at radius 1 is 1.14 bits per heavy atom. The van der Waals surface area contributed by atoms with Gasteiger partial charge in [-0.15, -0.1) is 0 Å². The molecule has 2 heterocycles. The van der Waals surface area contributed by atoms with Gasteiger partial charge in [0.05, 0.1) is 14.2 Å². The molecule has 2 saturated heterocycles. The van der Waals surface area contributed by atoms with Crippen molar-refractivity contribution in [1.82, 2.24) is 4.90 Å². The predicted octanol–water partition coefficient (Wildman–Crippen LogP) is 3.20. The SMILES string of the molecule is COc1cccc(OC)c1C(=O)N1C2CCC1CC(SC)C2. The van der Waals surface area contributed by atoms with E-state index in [1.54, 1.807) is 14.2 Å². The number of piperidine rings is 1. The first-order valence-corrected chi connectivity index (χ1v) is 9.04. The molecule has 1 aromatic carbocycles. The first kappa shape index (κ1) is 15.5. The standard InChI is InChI=1S/C17H23NO3S/c1-20-14-5-4-6-15(21-2)16(14)17(19)18-11-7-8-12(18)10-13(9-11)22-3/h4-6,11-13H,7-10H2,1-3H3. The lowest BCUT2D eigenvalue weighted by molar-refractivity contribution is 0.0595. The maximum atomic E-state index is 13.2. The number of ether oxygens (including phenoxy) is 2. The average molecular weight is 321 g/mol. The normalized spacial score (nSPS) is 26.9. The van der Waals surface area contributed by atoms with E-state index in [2.05, 4.69) is 11.2 Å². The number of nitrogens with zero attached hydrogens (tertiary/aromatic N) is 1. The summed E-state index contributed by atoms with van der Waals surface area (Å²) >= 11 is 1.93. The molecule has 5 heteroatoms. The molecule has 2 bridgehead atoms. The van der Waals surface area contributed by atoms with Crippen molar-refractivity contribution in [2.75, 3.05) is 20.5 Å². The highest BCUT2D eigenvalue weighted by Crippen LogP contribution is 2.42. The summed E-state index contributed by atoms with van der Waals surface area (Å²) in [5.41, 5.74) is 0.562. The molecular formula is C17H23NO3S. The van der Waals surface area contributed by atoms with Crippen LogP contribution in [0, 0.1) is 0 Å². The Morgan fingerprint density at radius 3 is 2.14 bits per heavy atom. The van der Waals surface area contributed by atoms with Crippen LogP contribution in [-0.4, -0.2) is 48.6 Å². The Hall–Kier alpha value is -1.36. The summed E-state index contributed by atoms with van der Waals surface area (Å²) in [7, 11) is 3.19. The van der Waals surface area contributed by atoms with Crippen LogP contribution in [0.1, 0.15) is 36.0 Å². The van der Waals surface area contributed by atoms with Crippen LogP contribution >= 0.6 is 11.8 Å². The van der Waals surface area contributed by atoms with E-state index in [1.807, 2.05) is 30.0 Å². The minimum atomic E-state index is 0.0568. The zero-order valence-corrected chi connectivity index (χ0v) is 14.2. The fraction of sp³-hybridized carbons (Fsp3) is 0.588. The minimum Gasteiger partial charge on any atom is -0.496 e. The molecule has 3 rings (SSSR count). The lowest BCUT2D eigenvalue weighted by atomic mass is 10.00. The van der Waals surface area contributed by atoms with Crippen molar-refractivity contribution in [3.05, 3.63) is 23.8 Å². The fourth-order valence-electron chi connectivity index (χ4n) is 3.84. The van der Waals surface area contributed by atoms with Crippen molar-refractivity contribution in [2.24, 2.45) is 0 Å². The summed E-state index contributed by atoms with van der Waals surface area (Å²) in [5.74, 6) is 1.24. The number of methoxy groups -OCH3 is 2. The average Bonchev–Trinajstić information content (AvgIpc) is 2.83. The largest absolute Gasteiger partial charge is 0.496 e. The van der Waals surface area contributed by atoms with E-state index in [0.29, 0.717) is 34.4 Å². The van der Waals surface area contributed by atoms with Crippen molar-refractivity contribution in [2.45, 2.75) is 43.0 Å².